The van der Waals surface area contributed by atoms with Gasteiger partial charge >= 0.3 is 0 Å². The zero-order valence-electron chi connectivity index (χ0n) is 7.62. The molecule has 0 spiro atoms. The van der Waals surface area contributed by atoms with Gasteiger partial charge in [0.1, 0.15) is 5.56 Å². The third-order valence-electron chi connectivity index (χ3n) is 2.24. The minimum atomic E-state index is -0.225. The van der Waals surface area contributed by atoms with E-state index >= 15 is 0 Å². The second-order valence-electron chi connectivity index (χ2n) is 3.27. The van der Waals surface area contributed by atoms with Gasteiger partial charge in [0.05, 0.1) is 6.20 Å². The third-order valence-corrected chi connectivity index (χ3v) is 2.24. The maximum Gasteiger partial charge on any atom is 0.258 e. The van der Waals surface area contributed by atoms with E-state index in [0.717, 1.165) is 19.5 Å². The maximum atomic E-state index is 11.6. The number of hydrogen-bond acceptors (Lipinski definition) is 5. The number of amides is 1. The van der Waals surface area contributed by atoms with Crippen molar-refractivity contribution in [2.45, 2.75) is 12.5 Å². The van der Waals surface area contributed by atoms with Crippen LogP contribution in [-0.4, -0.2) is 30.2 Å². The highest BCUT2D eigenvalue weighted by Gasteiger charge is 2.20. The first-order chi connectivity index (χ1) is 6.77. The van der Waals surface area contributed by atoms with Crippen molar-refractivity contribution in [1.82, 2.24) is 15.8 Å². The molecule has 14 heavy (non-hydrogen) atoms. The highest BCUT2D eigenvalue weighted by atomic mass is 16.5. The van der Waals surface area contributed by atoms with Crippen LogP contribution in [0, 0.1) is 0 Å². The molecule has 0 aromatic carbocycles. The molecule has 0 radical (unpaired) electrons. The molecule has 1 saturated heterocycles. The Labute approximate surface area is 80.8 Å². The van der Waals surface area contributed by atoms with Gasteiger partial charge in [-0.25, -0.2) is 0 Å². The molecule has 1 atom stereocenters. The molecule has 1 aromatic rings. The van der Waals surface area contributed by atoms with Crippen LogP contribution in [0.4, 0.5) is 5.88 Å². The Morgan fingerprint density at radius 1 is 1.79 bits per heavy atom. The van der Waals surface area contributed by atoms with E-state index in [1.54, 1.807) is 0 Å². The minimum Gasteiger partial charge on any atom is -0.367 e. The fraction of sp³-hybridized carbons (Fsp3) is 0.500. The molecule has 0 bridgehead atoms. The smallest absolute Gasteiger partial charge is 0.258 e. The average Bonchev–Trinajstić information content (AvgIpc) is 2.75. The molecule has 4 N–H and O–H groups in total. The zero-order valence-corrected chi connectivity index (χ0v) is 7.62. The highest BCUT2D eigenvalue weighted by Crippen LogP contribution is 2.10. The molecular weight excluding hydrogens is 184 g/mol. The first-order valence-corrected chi connectivity index (χ1v) is 4.49. The molecule has 1 aliphatic rings. The lowest BCUT2D eigenvalue weighted by Crippen LogP contribution is -2.36. The van der Waals surface area contributed by atoms with Gasteiger partial charge in [0, 0.05) is 12.6 Å². The summed E-state index contributed by atoms with van der Waals surface area (Å²) >= 11 is 0. The van der Waals surface area contributed by atoms with Crippen molar-refractivity contribution in [3.63, 3.8) is 0 Å². The van der Waals surface area contributed by atoms with Crippen LogP contribution in [0.2, 0.25) is 0 Å². The molecule has 0 aliphatic carbocycles. The second-order valence-corrected chi connectivity index (χ2v) is 3.27. The maximum absolute atomic E-state index is 11.6. The molecule has 6 heteroatoms. The predicted octanol–water partition coefficient (Wildman–Crippen LogP) is -0.652. The van der Waals surface area contributed by atoms with Crippen LogP contribution >= 0.6 is 0 Å². The summed E-state index contributed by atoms with van der Waals surface area (Å²) in [5.74, 6) is -0.161. The fourth-order valence-corrected chi connectivity index (χ4v) is 1.46. The Hall–Kier alpha value is -1.56. The van der Waals surface area contributed by atoms with E-state index in [-0.39, 0.29) is 17.8 Å². The van der Waals surface area contributed by atoms with Crippen LogP contribution < -0.4 is 16.4 Å². The minimum absolute atomic E-state index is 0.0634. The van der Waals surface area contributed by atoms with E-state index in [1.165, 1.54) is 6.20 Å². The van der Waals surface area contributed by atoms with Gasteiger partial charge < -0.3 is 20.9 Å². The lowest BCUT2D eigenvalue weighted by molar-refractivity contribution is 0.0940. The van der Waals surface area contributed by atoms with Crippen LogP contribution in [0.3, 0.4) is 0 Å². The number of aromatic nitrogens is 1. The molecule has 1 fully saturated rings. The topological polar surface area (TPSA) is 93.2 Å². The number of carbonyl (C=O) groups is 1. The molecule has 1 aliphatic heterocycles. The monoisotopic (exact) mass is 196 g/mol. The van der Waals surface area contributed by atoms with Crippen molar-refractivity contribution < 1.29 is 9.32 Å². The molecule has 6 nitrogen and oxygen atoms in total. The van der Waals surface area contributed by atoms with E-state index in [4.69, 9.17) is 5.73 Å². The van der Waals surface area contributed by atoms with Gasteiger partial charge in [-0.3, -0.25) is 4.79 Å². The first-order valence-electron chi connectivity index (χ1n) is 4.49. The van der Waals surface area contributed by atoms with Crippen LogP contribution in [0.25, 0.3) is 0 Å². The average molecular weight is 196 g/mol. The van der Waals surface area contributed by atoms with Crippen LogP contribution in [0.15, 0.2) is 10.7 Å². The number of nitrogens with zero attached hydrogens (tertiary/aromatic N) is 1. The van der Waals surface area contributed by atoms with E-state index in [2.05, 4.69) is 20.3 Å². The van der Waals surface area contributed by atoms with Gasteiger partial charge in [-0.2, -0.15) is 0 Å². The summed E-state index contributed by atoms with van der Waals surface area (Å²) in [5, 5.41) is 9.43. The first kappa shape index (κ1) is 9.01. The Kier molecular flexibility index (Phi) is 2.36. The summed E-state index contributed by atoms with van der Waals surface area (Å²) in [7, 11) is 0. The highest BCUT2D eigenvalue weighted by molar-refractivity contribution is 5.97. The quantitative estimate of drug-likeness (QED) is 0.584. The molecule has 0 saturated carbocycles. The molecule has 2 heterocycles. The Morgan fingerprint density at radius 3 is 3.21 bits per heavy atom. The van der Waals surface area contributed by atoms with Gasteiger partial charge in [-0.1, -0.05) is 5.16 Å². The molecule has 1 aromatic heterocycles. The van der Waals surface area contributed by atoms with Crippen LogP contribution in [0.5, 0.6) is 0 Å². The van der Waals surface area contributed by atoms with Crippen molar-refractivity contribution in [3.05, 3.63) is 11.8 Å². The van der Waals surface area contributed by atoms with Gasteiger partial charge in [0.25, 0.3) is 5.91 Å². The Morgan fingerprint density at radius 2 is 2.64 bits per heavy atom. The standard InChI is InChI=1S/C8H12N4O2/c9-7-6(4-11-14-7)8(13)12-5-1-2-10-3-5/h4-5,10H,1-3,9H2,(H,12,13). The largest absolute Gasteiger partial charge is 0.367 e. The number of hydrogen-bond donors (Lipinski definition) is 3. The van der Waals surface area contributed by atoms with Crippen molar-refractivity contribution >= 4 is 11.8 Å². The van der Waals surface area contributed by atoms with E-state index in [9.17, 15) is 4.79 Å². The van der Waals surface area contributed by atoms with Crippen molar-refractivity contribution in [2.24, 2.45) is 0 Å². The number of rotatable bonds is 2. The third kappa shape index (κ3) is 1.69. The summed E-state index contributed by atoms with van der Waals surface area (Å²) in [6.45, 7) is 1.74. The van der Waals surface area contributed by atoms with Gasteiger partial charge in [0.15, 0.2) is 0 Å². The van der Waals surface area contributed by atoms with Crippen molar-refractivity contribution in [2.75, 3.05) is 18.8 Å². The summed E-state index contributed by atoms with van der Waals surface area (Å²) < 4.78 is 4.60. The van der Waals surface area contributed by atoms with E-state index < -0.39 is 0 Å². The predicted molar refractivity (Wildman–Crippen MR) is 49.7 cm³/mol. The fourth-order valence-electron chi connectivity index (χ4n) is 1.46. The van der Waals surface area contributed by atoms with Crippen molar-refractivity contribution in [1.29, 1.82) is 0 Å². The van der Waals surface area contributed by atoms with E-state index in [1.807, 2.05) is 0 Å². The van der Waals surface area contributed by atoms with E-state index in [0.29, 0.717) is 5.56 Å². The number of nitrogens with two attached hydrogens (primary N) is 1. The van der Waals surface area contributed by atoms with Crippen LogP contribution in [0.1, 0.15) is 16.8 Å². The summed E-state index contributed by atoms with van der Waals surface area (Å²) in [5.41, 5.74) is 5.71. The van der Waals surface area contributed by atoms with Crippen molar-refractivity contribution in [3.8, 4) is 0 Å². The lowest BCUT2D eigenvalue weighted by atomic mass is 10.2. The molecular formula is C8H12N4O2. The molecule has 76 valence electrons. The number of nitrogens with one attached hydrogen (secondary N) is 2. The SMILES string of the molecule is Nc1oncc1C(=O)NC1CCNC1. The lowest BCUT2D eigenvalue weighted by Gasteiger charge is -2.09. The number of nitrogen functional groups attached to an aromatic ring is 1. The molecule has 1 amide bonds. The number of anilines is 1. The summed E-state index contributed by atoms with van der Waals surface area (Å²) in [4.78, 5) is 11.6. The van der Waals surface area contributed by atoms with Gasteiger partial charge in [-0.05, 0) is 13.0 Å². The Balaban J connectivity index is 1.98. The Bertz CT molecular complexity index is 330. The number of carbonyl (C=O) groups excluding carboxylic acids is 1. The second kappa shape index (κ2) is 3.67. The summed E-state index contributed by atoms with van der Waals surface area (Å²) in [6, 6.07) is 0.178. The van der Waals surface area contributed by atoms with Crippen LogP contribution in [-0.2, 0) is 0 Å². The normalized spacial score (nSPS) is 21.0. The van der Waals surface area contributed by atoms with Gasteiger partial charge in [-0.15, -0.1) is 0 Å². The summed E-state index contributed by atoms with van der Waals surface area (Å²) in [6.07, 6.45) is 2.27. The molecule has 2 rings (SSSR count). The molecule has 1 unspecified atom stereocenters. The van der Waals surface area contributed by atoms with Gasteiger partial charge in [0.2, 0.25) is 5.88 Å². The zero-order chi connectivity index (χ0) is 9.97.